The Bertz CT molecular complexity index is 280. The van der Waals surface area contributed by atoms with Gasteiger partial charge in [0, 0.05) is 13.0 Å². The van der Waals surface area contributed by atoms with E-state index in [-0.39, 0.29) is 12.6 Å². The number of hydrogen-bond acceptors (Lipinski definition) is 5. The number of carbonyl (C=O) groups is 1. The number of rotatable bonds is 3. The quantitative estimate of drug-likeness (QED) is 0.687. The van der Waals surface area contributed by atoms with Crippen LogP contribution < -0.4 is 5.32 Å². The molecule has 5 nitrogen and oxygen atoms in total. The highest BCUT2D eigenvalue weighted by molar-refractivity contribution is 5.79. The molecule has 2 saturated heterocycles. The molecule has 0 bridgehead atoms. The van der Waals surface area contributed by atoms with Gasteiger partial charge in [0.2, 0.25) is 0 Å². The molecular formula is C12H21NO4. The summed E-state index contributed by atoms with van der Waals surface area (Å²) >= 11 is 0. The fourth-order valence-electron chi connectivity index (χ4n) is 2.91. The first-order chi connectivity index (χ1) is 8.15. The van der Waals surface area contributed by atoms with E-state index >= 15 is 0 Å². The van der Waals surface area contributed by atoms with Crippen LogP contribution >= 0.6 is 0 Å². The number of piperidine rings is 1. The van der Waals surface area contributed by atoms with Crippen molar-refractivity contribution >= 4 is 5.97 Å². The summed E-state index contributed by atoms with van der Waals surface area (Å²) < 4.78 is 10.5. The number of carbonyl (C=O) groups excluding carboxylic acids is 1. The van der Waals surface area contributed by atoms with Crippen molar-refractivity contribution in [2.75, 3.05) is 32.9 Å². The van der Waals surface area contributed by atoms with E-state index in [1.54, 1.807) is 6.92 Å². The molecule has 2 N–H and O–H groups in total. The second-order valence-electron chi connectivity index (χ2n) is 4.89. The molecule has 2 aliphatic heterocycles. The molecule has 0 spiro atoms. The van der Waals surface area contributed by atoms with Crippen LogP contribution in [-0.2, 0) is 14.3 Å². The van der Waals surface area contributed by atoms with Crippen molar-refractivity contribution < 1.29 is 19.4 Å². The third-order valence-electron chi connectivity index (χ3n) is 4.01. The monoisotopic (exact) mass is 243 g/mol. The molecule has 1 atom stereocenters. The smallest absolute Gasteiger partial charge is 0.315 e. The molecule has 0 aromatic heterocycles. The largest absolute Gasteiger partial charge is 0.465 e. The Morgan fingerprint density at radius 3 is 2.65 bits per heavy atom. The molecule has 0 amide bonds. The van der Waals surface area contributed by atoms with Crippen LogP contribution in [0.4, 0.5) is 0 Å². The van der Waals surface area contributed by atoms with Crippen LogP contribution in [-0.4, -0.2) is 49.6 Å². The maximum Gasteiger partial charge on any atom is 0.315 e. The Balaban J connectivity index is 2.25. The fraction of sp³-hybridized carbons (Fsp3) is 0.917. The van der Waals surface area contributed by atoms with Crippen LogP contribution in [0.3, 0.4) is 0 Å². The Hall–Kier alpha value is -0.650. The predicted molar refractivity (Wildman–Crippen MR) is 61.6 cm³/mol. The summed E-state index contributed by atoms with van der Waals surface area (Å²) in [5, 5.41) is 13.9. The summed E-state index contributed by atoms with van der Waals surface area (Å²) in [7, 11) is 0. The van der Waals surface area contributed by atoms with Gasteiger partial charge in [0.1, 0.15) is 11.0 Å². The van der Waals surface area contributed by atoms with Gasteiger partial charge >= 0.3 is 5.97 Å². The van der Waals surface area contributed by atoms with Crippen LogP contribution in [0.25, 0.3) is 0 Å². The lowest BCUT2D eigenvalue weighted by atomic mass is 9.65. The van der Waals surface area contributed by atoms with E-state index < -0.39 is 11.0 Å². The molecule has 17 heavy (non-hydrogen) atoms. The van der Waals surface area contributed by atoms with Crippen LogP contribution in [0.1, 0.15) is 26.2 Å². The van der Waals surface area contributed by atoms with Crippen LogP contribution in [0.5, 0.6) is 0 Å². The highest BCUT2D eigenvalue weighted by atomic mass is 16.5. The predicted octanol–water partition coefficient (Wildman–Crippen LogP) is 0.0707. The van der Waals surface area contributed by atoms with E-state index in [0.717, 1.165) is 13.1 Å². The van der Waals surface area contributed by atoms with Crippen molar-refractivity contribution in [3.63, 3.8) is 0 Å². The molecule has 0 aliphatic carbocycles. The molecule has 5 heteroatoms. The summed E-state index contributed by atoms with van der Waals surface area (Å²) in [6.07, 6.45) is 1.75. The summed E-state index contributed by atoms with van der Waals surface area (Å²) in [5.41, 5.74) is -1.84. The maximum absolute atomic E-state index is 12.2. The summed E-state index contributed by atoms with van der Waals surface area (Å²) in [6, 6.07) is 0. The lowest BCUT2D eigenvalue weighted by Gasteiger charge is -2.44. The molecule has 0 radical (unpaired) electrons. The summed E-state index contributed by atoms with van der Waals surface area (Å²) in [4.78, 5) is 12.2. The molecule has 0 saturated carbocycles. The van der Waals surface area contributed by atoms with Gasteiger partial charge in [-0.25, -0.2) is 0 Å². The van der Waals surface area contributed by atoms with Crippen molar-refractivity contribution in [3.8, 4) is 0 Å². The summed E-state index contributed by atoms with van der Waals surface area (Å²) in [5.74, 6) is -0.269. The number of aliphatic hydroxyl groups is 1. The average molecular weight is 243 g/mol. The van der Waals surface area contributed by atoms with Gasteiger partial charge in [0.05, 0.1) is 13.2 Å². The van der Waals surface area contributed by atoms with Gasteiger partial charge in [0.25, 0.3) is 0 Å². The van der Waals surface area contributed by atoms with E-state index in [2.05, 4.69) is 5.32 Å². The zero-order valence-corrected chi connectivity index (χ0v) is 10.3. The van der Waals surface area contributed by atoms with E-state index in [9.17, 15) is 9.90 Å². The standard InChI is InChI=1S/C12H21NO4/c1-2-17-10(14)11(3-6-13-7-4-11)12(15)5-8-16-9-12/h13,15H,2-9H2,1H3. The highest BCUT2D eigenvalue weighted by Crippen LogP contribution is 2.45. The lowest BCUT2D eigenvalue weighted by Crippen LogP contribution is -2.58. The first-order valence-corrected chi connectivity index (χ1v) is 6.33. The number of nitrogens with one attached hydrogen (secondary N) is 1. The minimum absolute atomic E-state index is 0.242. The fourth-order valence-corrected chi connectivity index (χ4v) is 2.91. The van der Waals surface area contributed by atoms with E-state index in [0.29, 0.717) is 32.5 Å². The highest BCUT2D eigenvalue weighted by Gasteiger charge is 2.58. The van der Waals surface area contributed by atoms with E-state index in [1.807, 2.05) is 0 Å². The first kappa shape index (κ1) is 12.8. The zero-order valence-electron chi connectivity index (χ0n) is 10.3. The molecule has 2 rings (SSSR count). The Kier molecular flexibility index (Phi) is 3.70. The van der Waals surface area contributed by atoms with Crippen molar-refractivity contribution in [1.29, 1.82) is 0 Å². The van der Waals surface area contributed by atoms with Crippen LogP contribution in [0, 0.1) is 5.41 Å². The minimum Gasteiger partial charge on any atom is -0.465 e. The van der Waals surface area contributed by atoms with Gasteiger partial charge in [-0.1, -0.05) is 0 Å². The number of ether oxygens (including phenoxy) is 2. The third kappa shape index (κ3) is 2.07. The van der Waals surface area contributed by atoms with Gasteiger partial charge in [-0.05, 0) is 32.9 Å². The number of hydrogen-bond donors (Lipinski definition) is 2. The molecule has 2 aliphatic rings. The van der Waals surface area contributed by atoms with Crippen LogP contribution in [0.2, 0.25) is 0 Å². The SMILES string of the molecule is CCOC(=O)C1(C2(O)CCOC2)CCNCC1. The molecule has 98 valence electrons. The lowest BCUT2D eigenvalue weighted by molar-refractivity contribution is -0.180. The van der Waals surface area contributed by atoms with Crippen molar-refractivity contribution in [1.82, 2.24) is 5.32 Å². The normalized spacial score (nSPS) is 32.4. The van der Waals surface area contributed by atoms with Crippen molar-refractivity contribution in [2.24, 2.45) is 5.41 Å². The van der Waals surface area contributed by atoms with Gasteiger partial charge in [-0.15, -0.1) is 0 Å². The first-order valence-electron chi connectivity index (χ1n) is 6.33. The molecule has 0 aromatic rings. The maximum atomic E-state index is 12.2. The molecule has 0 aromatic carbocycles. The Morgan fingerprint density at radius 2 is 2.12 bits per heavy atom. The average Bonchev–Trinajstić information content (AvgIpc) is 2.79. The topological polar surface area (TPSA) is 67.8 Å². The summed E-state index contributed by atoms with van der Waals surface area (Å²) in [6.45, 7) is 4.38. The molecule has 2 fully saturated rings. The molecular weight excluding hydrogens is 222 g/mol. The zero-order chi connectivity index (χ0) is 12.4. The second-order valence-corrected chi connectivity index (χ2v) is 4.89. The third-order valence-corrected chi connectivity index (χ3v) is 4.01. The van der Waals surface area contributed by atoms with Gasteiger partial charge in [-0.2, -0.15) is 0 Å². The van der Waals surface area contributed by atoms with Crippen molar-refractivity contribution in [3.05, 3.63) is 0 Å². The molecule has 2 heterocycles. The minimum atomic E-state index is -1.05. The van der Waals surface area contributed by atoms with E-state index in [1.165, 1.54) is 0 Å². The van der Waals surface area contributed by atoms with Crippen LogP contribution in [0.15, 0.2) is 0 Å². The van der Waals surface area contributed by atoms with Gasteiger partial charge in [-0.3, -0.25) is 4.79 Å². The Morgan fingerprint density at radius 1 is 1.41 bits per heavy atom. The van der Waals surface area contributed by atoms with Gasteiger partial charge < -0.3 is 19.9 Å². The number of esters is 1. The molecule has 1 unspecified atom stereocenters. The van der Waals surface area contributed by atoms with E-state index in [4.69, 9.17) is 9.47 Å². The second kappa shape index (κ2) is 4.92. The van der Waals surface area contributed by atoms with Gasteiger partial charge in [0.15, 0.2) is 0 Å². The van der Waals surface area contributed by atoms with Crippen molar-refractivity contribution in [2.45, 2.75) is 31.8 Å². The Labute approximate surface area is 101 Å².